The second-order valence-electron chi connectivity index (χ2n) is 4.22. The van der Waals surface area contributed by atoms with E-state index in [4.69, 9.17) is 9.47 Å². The van der Waals surface area contributed by atoms with Gasteiger partial charge in [0.2, 0.25) is 5.91 Å². The number of hydrogen-bond acceptors (Lipinski definition) is 5. The van der Waals surface area contributed by atoms with Crippen molar-refractivity contribution in [1.29, 1.82) is 0 Å². The molecule has 1 aliphatic rings. The molecule has 1 fully saturated rings. The van der Waals surface area contributed by atoms with Crippen LogP contribution in [0.25, 0.3) is 0 Å². The molecule has 0 spiro atoms. The highest BCUT2D eigenvalue weighted by Crippen LogP contribution is 2.19. The maximum atomic E-state index is 11.9. The molecule has 0 bridgehead atoms. The summed E-state index contributed by atoms with van der Waals surface area (Å²) in [7, 11) is 1.60. The molecule has 1 N–H and O–H groups in total. The smallest absolute Gasteiger partial charge is 0.224 e. The molecule has 0 atom stereocenters. The highest BCUT2D eigenvalue weighted by Gasteiger charge is 2.16. The molecular formula is C13H19N3O3. The largest absolute Gasteiger partial charge is 0.493 e. The second kappa shape index (κ2) is 6.94. The summed E-state index contributed by atoms with van der Waals surface area (Å²) in [4.78, 5) is 17.9. The number of hydrogen-bond donors (Lipinski definition) is 1. The highest BCUT2D eigenvalue weighted by atomic mass is 16.5. The summed E-state index contributed by atoms with van der Waals surface area (Å²) < 4.78 is 10.4. The Morgan fingerprint density at radius 1 is 1.53 bits per heavy atom. The van der Waals surface area contributed by atoms with Crippen molar-refractivity contribution in [3.05, 3.63) is 18.3 Å². The first-order valence-electron chi connectivity index (χ1n) is 6.39. The predicted molar refractivity (Wildman–Crippen MR) is 71.3 cm³/mol. The Labute approximate surface area is 112 Å². The van der Waals surface area contributed by atoms with Gasteiger partial charge in [-0.2, -0.15) is 0 Å². The number of ether oxygens (including phenoxy) is 2. The van der Waals surface area contributed by atoms with Crippen molar-refractivity contribution in [2.45, 2.75) is 6.42 Å². The van der Waals surface area contributed by atoms with Gasteiger partial charge in [-0.25, -0.2) is 4.98 Å². The zero-order valence-electron chi connectivity index (χ0n) is 11.1. The maximum absolute atomic E-state index is 11.9. The Morgan fingerprint density at radius 2 is 2.32 bits per heavy atom. The van der Waals surface area contributed by atoms with Crippen LogP contribution >= 0.6 is 0 Å². The van der Waals surface area contributed by atoms with Gasteiger partial charge in [0.05, 0.1) is 20.3 Å². The number of amides is 1. The quantitative estimate of drug-likeness (QED) is 0.851. The molecule has 19 heavy (non-hydrogen) atoms. The average Bonchev–Trinajstić information content (AvgIpc) is 2.48. The van der Waals surface area contributed by atoms with Crippen LogP contribution in [-0.4, -0.2) is 55.7 Å². The highest BCUT2D eigenvalue weighted by molar-refractivity contribution is 5.76. The number of carbonyl (C=O) groups is 1. The minimum atomic E-state index is 0.144. The molecular weight excluding hydrogens is 246 g/mol. The van der Waals surface area contributed by atoms with Crippen molar-refractivity contribution in [3.8, 4) is 5.75 Å². The second-order valence-corrected chi connectivity index (χ2v) is 4.22. The summed E-state index contributed by atoms with van der Waals surface area (Å²) in [5.74, 6) is 1.49. The Balaban J connectivity index is 1.78. The molecule has 0 aromatic carbocycles. The van der Waals surface area contributed by atoms with Gasteiger partial charge in [-0.15, -0.1) is 0 Å². The van der Waals surface area contributed by atoms with Gasteiger partial charge in [0.15, 0.2) is 11.6 Å². The van der Waals surface area contributed by atoms with E-state index in [1.165, 1.54) is 0 Å². The van der Waals surface area contributed by atoms with Gasteiger partial charge < -0.3 is 19.7 Å². The first-order valence-corrected chi connectivity index (χ1v) is 6.39. The van der Waals surface area contributed by atoms with Gasteiger partial charge in [-0.05, 0) is 12.1 Å². The molecule has 2 rings (SSSR count). The molecule has 0 saturated carbocycles. The molecule has 104 valence electrons. The summed E-state index contributed by atoms with van der Waals surface area (Å²) in [5, 5.41) is 3.12. The number of morpholine rings is 1. The molecule has 1 aliphatic heterocycles. The van der Waals surface area contributed by atoms with Crippen LogP contribution in [0.4, 0.5) is 5.82 Å². The van der Waals surface area contributed by atoms with Crippen molar-refractivity contribution in [3.63, 3.8) is 0 Å². The summed E-state index contributed by atoms with van der Waals surface area (Å²) >= 11 is 0. The molecule has 0 unspecified atom stereocenters. The van der Waals surface area contributed by atoms with E-state index in [1.807, 2.05) is 17.0 Å². The van der Waals surface area contributed by atoms with Gasteiger partial charge in [0, 0.05) is 32.3 Å². The fourth-order valence-electron chi connectivity index (χ4n) is 1.95. The van der Waals surface area contributed by atoms with Crippen molar-refractivity contribution in [2.75, 3.05) is 45.3 Å². The molecule has 1 aromatic rings. The lowest BCUT2D eigenvalue weighted by molar-refractivity contribution is -0.134. The molecule has 6 nitrogen and oxygen atoms in total. The van der Waals surface area contributed by atoms with Crippen LogP contribution in [0, 0.1) is 0 Å². The normalized spacial score (nSPS) is 15.1. The van der Waals surface area contributed by atoms with Gasteiger partial charge in [0.1, 0.15) is 0 Å². The monoisotopic (exact) mass is 265 g/mol. The molecule has 0 aliphatic carbocycles. The topological polar surface area (TPSA) is 63.7 Å². The minimum Gasteiger partial charge on any atom is -0.493 e. The molecule has 6 heteroatoms. The number of anilines is 1. The van der Waals surface area contributed by atoms with Gasteiger partial charge in [-0.1, -0.05) is 0 Å². The van der Waals surface area contributed by atoms with E-state index < -0.39 is 0 Å². The molecule has 2 heterocycles. The number of pyridine rings is 1. The third kappa shape index (κ3) is 3.82. The molecule has 1 saturated heterocycles. The van der Waals surface area contributed by atoms with Gasteiger partial charge in [0.25, 0.3) is 0 Å². The summed E-state index contributed by atoms with van der Waals surface area (Å²) in [5.41, 5.74) is 0. The third-order valence-electron chi connectivity index (χ3n) is 2.99. The van der Waals surface area contributed by atoms with Crippen LogP contribution < -0.4 is 10.1 Å². The van der Waals surface area contributed by atoms with Crippen molar-refractivity contribution < 1.29 is 14.3 Å². The number of nitrogens with zero attached hydrogens (tertiary/aromatic N) is 2. The number of methoxy groups -OCH3 is 1. The van der Waals surface area contributed by atoms with Crippen LogP contribution in [0.1, 0.15) is 6.42 Å². The van der Waals surface area contributed by atoms with Crippen molar-refractivity contribution in [2.24, 2.45) is 0 Å². The van der Waals surface area contributed by atoms with Crippen molar-refractivity contribution >= 4 is 11.7 Å². The first kappa shape index (κ1) is 13.6. The van der Waals surface area contributed by atoms with E-state index >= 15 is 0 Å². The Bertz CT molecular complexity index is 419. The fraction of sp³-hybridized carbons (Fsp3) is 0.538. The van der Waals surface area contributed by atoms with Gasteiger partial charge in [-0.3, -0.25) is 4.79 Å². The number of rotatable bonds is 5. The average molecular weight is 265 g/mol. The standard InChI is InChI=1S/C13H19N3O3/c1-18-11-3-2-5-14-13(11)15-6-4-12(17)16-7-9-19-10-8-16/h2-3,5H,4,6-10H2,1H3,(H,14,15). The zero-order chi connectivity index (χ0) is 13.5. The van der Waals surface area contributed by atoms with E-state index in [0.29, 0.717) is 50.8 Å². The Hall–Kier alpha value is -1.82. The number of carbonyl (C=O) groups excluding carboxylic acids is 1. The van der Waals surface area contributed by atoms with Crippen molar-refractivity contribution in [1.82, 2.24) is 9.88 Å². The van der Waals surface area contributed by atoms with Crippen LogP contribution in [0.5, 0.6) is 5.75 Å². The van der Waals surface area contributed by atoms with E-state index in [0.717, 1.165) is 0 Å². The minimum absolute atomic E-state index is 0.144. The SMILES string of the molecule is COc1cccnc1NCCC(=O)N1CCOCC1. The predicted octanol–water partition coefficient (Wildman–Crippen LogP) is 0.751. The van der Waals surface area contributed by atoms with Crippen LogP contribution in [0.2, 0.25) is 0 Å². The van der Waals surface area contributed by atoms with E-state index in [1.54, 1.807) is 13.3 Å². The van der Waals surface area contributed by atoms with Gasteiger partial charge >= 0.3 is 0 Å². The van der Waals surface area contributed by atoms with E-state index in [9.17, 15) is 4.79 Å². The number of nitrogens with one attached hydrogen (secondary N) is 1. The summed E-state index contributed by atoms with van der Waals surface area (Å²) in [6.45, 7) is 3.18. The lowest BCUT2D eigenvalue weighted by atomic mass is 10.3. The molecule has 0 radical (unpaired) electrons. The van der Waals surface area contributed by atoms with Crippen LogP contribution in [0.3, 0.4) is 0 Å². The lowest BCUT2D eigenvalue weighted by Gasteiger charge is -2.26. The maximum Gasteiger partial charge on any atom is 0.224 e. The Kier molecular flexibility index (Phi) is 4.97. The zero-order valence-corrected chi connectivity index (χ0v) is 11.1. The van der Waals surface area contributed by atoms with E-state index in [2.05, 4.69) is 10.3 Å². The van der Waals surface area contributed by atoms with Crippen LogP contribution in [-0.2, 0) is 9.53 Å². The lowest BCUT2D eigenvalue weighted by Crippen LogP contribution is -2.41. The fourth-order valence-corrected chi connectivity index (χ4v) is 1.95. The summed E-state index contributed by atoms with van der Waals surface area (Å²) in [6.07, 6.45) is 2.13. The first-order chi connectivity index (χ1) is 9.31. The number of aromatic nitrogens is 1. The Morgan fingerprint density at radius 3 is 3.05 bits per heavy atom. The third-order valence-corrected chi connectivity index (χ3v) is 2.99. The summed E-state index contributed by atoms with van der Waals surface area (Å²) in [6, 6.07) is 3.64. The molecule has 1 aromatic heterocycles. The van der Waals surface area contributed by atoms with Crippen LogP contribution in [0.15, 0.2) is 18.3 Å². The molecule has 1 amide bonds. The van der Waals surface area contributed by atoms with E-state index in [-0.39, 0.29) is 5.91 Å².